The number of aromatic hydroxyl groups is 1. The maximum absolute atomic E-state index is 13.5. The lowest BCUT2D eigenvalue weighted by molar-refractivity contribution is 0.0696. The number of hydrogen-bond donors (Lipinski definition) is 3. The molecule has 0 bridgehead atoms. The minimum atomic E-state index is -1.03. The summed E-state index contributed by atoms with van der Waals surface area (Å²) in [6.45, 7) is 2.00. The number of carbonyl (C=O) groups excluding carboxylic acids is 1. The first-order valence-corrected chi connectivity index (χ1v) is 10.0. The molecule has 7 nitrogen and oxygen atoms in total. The van der Waals surface area contributed by atoms with Crippen LogP contribution in [0.1, 0.15) is 43.6 Å². The Morgan fingerprint density at radius 2 is 1.62 bits per heavy atom. The molecule has 4 aromatic rings. The van der Waals surface area contributed by atoms with Crippen LogP contribution in [-0.2, 0) is 0 Å². The summed E-state index contributed by atoms with van der Waals surface area (Å²) in [5.74, 6) is -1.16. The zero-order valence-electron chi connectivity index (χ0n) is 17.1. The topological polar surface area (TPSA) is 107 Å². The Morgan fingerprint density at radius 3 is 2.25 bits per heavy atom. The number of amides is 1. The van der Waals surface area contributed by atoms with Crippen molar-refractivity contribution in [2.45, 2.75) is 13.0 Å². The van der Waals surface area contributed by atoms with Gasteiger partial charge in [0.1, 0.15) is 11.4 Å². The molecule has 158 valence electrons. The lowest BCUT2D eigenvalue weighted by Gasteiger charge is -2.26. The summed E-state index contributed by atoms with van der Waals surface area (Å²) in [6.07, 6.45) is 0. The van der Waals surface area contributed by atoms with Gasteiger partial charge in [0, 0.05) is 16.8 Å². The van der Waals surface area contributed by atoms with Crippen molar-refractivity contribution in [3.05, 3.63) is 101 Å². The van der Waals surface area contributed by atoms with E-state index >= 15 is 0 Å². The number of carboxylic acid groups (broad SMARTS) is 1. The number of hydrogen-bond acceptors (Lipinski definition) is 4. The van der Waals surface area contributed by atoms with E-state index in [1.165, 1.54) is 12.1 Å². The van der Waals surface area contributed by atoms with Crippen molar-refractivity contribution in [1.82, 2.24) is 10.2 Å². The number of H-pyrrole nitrogens is 1. The number of benzene rings is 3. The first kappa shape index (κ1) is 19.6. The molecule has 5 rings (SSSR count). The molecule has 0 unspecified atom stereocenters. The van der Waals surface area contributed by atoms with E-state index in [1.54, 1.807) is 41.3 Å². The molecule has 0 saturated heterocycles. The maximum Gasteiger partial charge on any atom is 0.335 e. The van der Waals surface area contributed by atoms with Gasteiger partial charge in [-0.15, -0.1) is 0 Å². The Balaban J connectivity index is 1.68. The third kappa shape index (κ3) is 3.11. The van der Waals surface area contributed by atoms with Crippen LogP contribution >= 0.6 is 0 Å². The van der Waals surface area contributed by atoms with Crippen LogP contribution in [0.4, 0.5) is 5.69 Å². The van der Waals surface area contributed by atoms with Crippen molar-refractivity contribution in [1.29, 1.82) is 0 Å². The average Bonchev–Trinajstić information content (AvgIpc) is 3.34. The van der Waals surface area contributed by atoms with Gasteiger partial charge in [-0.3, -0.25) is 14.8 Å². The molecular weight excluding hydrogens is 406 g/mol. The van der Waals surface area contributed by atoms with Crippen LogP contribution in [0, 0.1) is 6.92 Å². The molecule has 0 spiro atoms. The highest BCUT2D eigenvalue weighted by atomic mass is 16.4. The molecule has 3 N–H and O–H groups in total. The van der Waals surface area contributed by atoms with Crippen LogP contribution in [0.15, 0.2) is 72.8 Å². The minimum Gasteiger partial charge on any atom is -0.508 e. The van der Waals surface area contributed by atoms with E-state index in [2.05, 4.69) is 10.2 Å². The number of aromatic amines is 1. The van der Waals surface area contributed by atoms with Crippen LogP contribution in [0.5, 0.6) is 5.75 Å². The van der Waals surface area contributed by atoms with Crippen LogP contribution < -0.4 is 4.90 Å². The van der Waals surface area contributed by atoms with Gasteiger partial charge < -0.3 is 10.2 Å². The van der Waals surface area contributed by atoms with E-state index in [1.807, 2.05) is 31.2 Å². The van der Waals surface area contributed by atoms with E-state index in [0.717, 1.165) is 22.3 Å². The second kappa shape index (κ2) is 7.39. The van der Waals surface area contributed by atoms with Gasteiger partial charge >= 0.3 is 5.97 Å². The molecule has 1 atom stereocenters. The molecule has 0 fully saturated rings. The van der Waals surface area contributed by atoms with Crippen molar-refractivity contribution < 1.29 is 19.8 Å². The molecule has 32 heavy (non-hydrogen) atoms. The van der Waals surface area contributed by atoms with E-state index < -0.39 is 12.0 Å². The standard InChI is InChI=1S/C25H19N3O4/c1-14-2-4-15(5-3-14)21-20-22(27-26-21)24(30)28(18-10-6-17(7-11-18)25(31)32)23(20)16-8-12-19(29)13-9-16/h2-13,23,29H,1H3,(H,26,27)(H,31,32)/t23-/m0/s1. The van der Waals surface area contributed by atoms with Crippen molar-refractivity contribution >= 4 is 17.6 Å². The first-order valence-electron chi connectivity index (χ1n) is 10.0. The van der Waals surface area contributed by atoms with Gasteiger partial charge in [0.05, 0.1) is 17.3 Å². The van der Waals surface area contributed by atoms with Crippen molar-refractivity contribution in [3.63, 3.8) is 0 Å². The number of fused-ring (bicyclic) bond motifs is 1. The minimum absolute atomic E-state index is 0.126. The highest BCUT2D eigenvalue weighted by Crippen LogP contribution is 2.45. The monoisotopic (exact) mass is 425 g/mol. The van der Waals surface area contributed by atoms with Crippen molar-refractivity contribution in [2.75, 3.05) is 4.90 Å². The van der Waals surface area contributed by atoms with Gasteiger partial charge in [0.2, 0.25) is 0 Å². The normalized spacial score (nSPS) is 15.1. The summed E-state index contributed by atoms with van der Waals surface area (Å²) in [7, 11) is 0. The van der Waals surface area contributed by atoms with Crippen LogP contribution in [0.2, 0.25) is 0 Å². The fraction of sp³-hybridized carbons (Fsp3) is 0.0800. The Bertz CT molecular complexity index is 1320. The zero-order valence-corrected chi connectivity index (χ0v) is 17.1. The third-order valence-electron chi connectivity index (χ3n) is 5.69. The number of aromatic carboxylic acids is 1. The largest absolute Gasteiger partial charge is 0.508 e. The number of nitrogens with one attached hydrogen (secondary N) is 1. The summed E-state index contributed by atoms with van der Waals surface area (Å²) in [5, 5.41) is 26.4. The molecule has 1 aliphatic rings. The number of phenolic OH excluding ortho intramolecular Hbond substituents is 1. The summed E-state index contributed by atoms with van der Waals surface area (Å²) >= 11 is 0. The second-order valence-electron chi connectivity index (χ2n) is 7.75. The predicted octanol–water partition coefficient (Wildman–Crippen LogP) is 4.54. The summed E-state index contributed by atoms with van der Waals surface area (Å²) < 4.78 is 0. The van der Waals surface area contributed by atoms with Gasteiger partial charge in [-0.2, -0.15) is 5.10 Å². The van der Waals surface area contributed by atoms with Gasteiger partial charge in [0.25, 0.3) is 5.91 Å². The maximum atomic E-state index is 13.5. The molecule has 1 aromatic heterocycles. The Kier molecular flexibility index (Phi) is 4.52. The number of aryl methyl sites for hydroxylation is 1. The van der Waals surface area contributed by atoms with Crippen molar-refractivity contribution in [3.8, 4) is 17.0 Å². The van der Waals surface area contributed by atoms with E-state index in [4.69, 9.17) is 0 Å². The predicted molar refractivity (Wildman–Crippen MR) is 119 cm³/mol. The molecular formula is C25H19N3O4. The quantitative estimate of drug-likeness (QED) is 0.445. The molecule has 0 saturated carbocycles. The van der Waals surface area contributed by atoms with Gasteiger partial charge in [-0.25, -0.2) is 4.79 Å². The number of anilines is 1. The molecule has 7 heteroatoms. The Morgan fingerprint density at radius 1 is 0.969 bits per heavy atom. The van der Waals surface area contributed by atoms with Crippen LogP contribution in [0.3, 0.4) is 0 Å². The molecule has 1 aliphatic heterocycles. The van der Waals surface area contributed by atoms with Crippen LogP contribution in [0.25, 0.3) is 11.3 Å². The molecule has 2 heterocycles. The van der Waals surface area contributed by atoms with Gasteiger partial charge in [-0.05, 0) is 48.9 Å². The summed E-state index contributed by atoms with van der Waals surface area (Å²) in [4.78, 5) is 26.3. The van der Waals surface area contributed by atoms with Crippen LogP contribution in [-0.4, -0.2) is 32.3 Å². The molecule has 0 aliphatic carbocycles. The number of carbonyl (C=O) groups is 2. The Labute approximate surface area is 183 Å². The highest BCUT2D eigenvalue weighted by Gasteiger charge is 2.43. The number of phenols is 1. The second-order valence-corrected chi connectivity index (χ2v) is 7.75. The molecule has 3 aromatic carbocycles. The lowest BCUT2D eigenvalue weighted by atomic mass is 9.95. The smallest absolute Gasteiger partial charge is 0.335 e. The number of rotatable bonds is 4. The van der Waals surface area contributed by atoms with E-state index in [0.29, 0.717) is 17.1 Å². The third-order valence-corrected chi connectivity index (χ3v) is 5.69. The number of carboxylic acids is 1. The lowest BCUT2D eigenvalue weighted by Crippen LogP contribution is -2.29. The zero-order chi connectivity index (χ0) is 22.4. The SMILES string of the molecule is Cc1ccc(-c2n[nH]c3c2[C@H](c2ccc(O)cc2)N(c2ccc(C(=O)O)cc2)C3=O)cc1. The number of nitrogens with zero attached hydrogens (tertiary/aromatic N) is 2. The molecule has 1 amide bonds. The first-order chi connectivity index (χ1) is 15.4. The fourth-order valence-corrected chi connectivity index (χ4v) is 4.08. The van der Waals surface area contributed by atoms with Gasteiger partial charge in [0.15, 0.2) is 0 Å². The van der Waals surface area contributed by atoms with Gasteiger partial charge in [-0.1, -0.05) is 42.0 Å². The number of aromatic nitrogens is 2. The average molecular weight is 425 g/mol. The fourth-order valence-electron chi connectivity index (χ4n) is 4.08. The highest BCUT2D eigenvalue weighted by molar-refractivity contribution is 6.11. The van der Waals surface area contributed by atoms with Crippen molar-refractivity contribution in [2.24, 2.45) is 0 Å². The van der Waals surface area contributed by atoms with E-state index in [9.17, 15) is 19.8 Å². The molecule has 0 radical (unpaired) electrons. The summed E-state index contributed by atoms with van der Waals surface area (Å²) in [6, 6.07) is 20.3. The van der Waals surface area contributed by atoms with E-state index in [-0.39, 0.29) is 17.2 Å². The summed E-state index contributed by atoms with van der Waals surface area (Å²) in [5.41, 5.74) is 5.32. The Hall–Kier alpha value is -4.39.